The van der Waals surface area contributed by atoms with E-state index in [0.29, 0.717) is 24.1 Å². The van der Waals surface area contributed by atoms with Crippen LogP contribution in [-0.4, -0.2) is 26.3 Å². The van der Waals surface area contributed by atoms with Gasteiger partial charge in [0.25, 0.3) is 0 Å². The quantitative estimate of drug-likeness (QED) is 0.543. The smallest absolute Gasteiger partial charge is 0.361 e. The van der Waals surface area contributed by atoms with Crippen LogP contribution in [0.4, 0.5) is 0 Å². The molecule has 0 heterocycles. The van der Waals surface area contributed by atoms with Crippen LogP contribution in [0.15, 0.2) is 18.2 Å². The molecule has 0 aliphatic rings. The first-order valence-electron chi connectivity index (χ1n) is 7.06. The highest BCUT2D eigenvalue weighted by Crippen LogP contribution is 2.47. The summed E-state index contributed by atoms with van der Waals surface area (Å²) in [5.74, 6) is -0.475. The maximum absolute atomic E-state index is 13.0. The number of hydrogen-bond acceptors (Lipinski definition) is 5. The van der Waals surface area contributed by atoms with Crippen LogP contribution in [0.25, 0.3) is 0 Å². The molecule has 0 aromatic heterocycles. The molecule has 0 saturated carbocycles. The molecule has 0 amide bonds. The Balaban J connectivity index is 3.20. The highest BCUT2D eigenvalue weighted by Gasteiger charge is 2.28. The third kappa shape index (κ3) is 4.95. The van der Waals surface area contributed by atoms with Gasteiger partial charge in [0, 0.05) is 0 Å². The van der Waals surface area contributed by atoms with E-state index >= 15 is 0 Å². The SMILES string of the molecule is CCCOP(=O)(OCCC)c1cc(C)cc(C(=O)OC)c1. The summed E-state index contributed by atoms with van der Waals surface area (Å²) in [6.07, 6.45) is 1.46. The van der Waals surface area contributed by atoms with E-state index in [4.69, 9.17) is 13.8 Å². The third-order valence-corrected chi connectivity index (χ3v) is 4.67. The molecule has 5 nitrogen and oxygen atoms in total. The Morgan fingerprint density at radius 3 is 2.14 bits per heavy atom. The van der Waals surface area contributed by atoms with Crippen molar-refractivity contribution >= 4 is 18.9 Å². The van der Waals surface area contributed by atoms with E-state index in [9.17, 15) is 9.36 Å². The Morgan fingerprint density at radius 1 is 1.10 bits per heavy atom. The highest BCUT2D eigenvalue weighted by atomic mass is 31.2. The number of ether oxygens (including phenoxy) is 1. The molecular weight excluding hydrogens is 291 g/mol. The average Bonchev–Trinajstić information content (AvgIpc) is 2.49. The number of esters is 1. The number of benzene rings is 1. The molecule has 0 unspecified atom stereocenters. The number of aryl methyl sites for hydroxylation is 1. The first kappa shape index (κ1) is 17.9. The standard InChI is InChI=1S/C15H23O5P/c1-5-7-19-21(17,20-8-6-2)14-10-12(3)9-13(11-14)15(16)18-4/h9-11H,5-8H2,1-4H3. The monoisotopic (exact) mass is 314 g/mol. The van der Waals surface area contributed by atoms with Gasteiger partial charge < -0.3 is 13.8 Å². The Kier molecular flexibility index (Phi) is 7.09. The maximum Gasteiger partial charge on any atom is 0.361 e. The molecular formula is C15H23O5P. The molecule has 0 aliphatic carbocycles. The molecule has 1 aromatic rings. The van der Waals surface area contributed by atoms with E-state index in [2.05, 4.69) is 0 Å². The number of carbonyl (C=O) groups excluding carboxylic acids is 1. The van der Waals surface area contributed by atoms with Crippen LogP contribution >= 0.6 is 7.60 Å². The highest BCUT2D eigenvalue weighted by molar-refractivity contribution is 7.62. The zero-order valence-electron chi connectivity index (χ0n) is 13.0. The molecule has 0 radical (unpaired) electrons. The second kappa shape index (κ2) is 8.32. The molecule has 1 rings (SSSR count). The van der Waals surface area contributed by atoms with Gasteiger partial charge in [-0.15, -0.1) is 0 Å². The van der Waals surface area contributed by atoms with Crippen molar-refractivity contribution in [1.29, 1.82) is 0 Å². The van der Waals surface area contributed by atoms with Gasteiger partial charge in [-0.05, 0) is 43.5 Å². The fraction of sp³-hybridized carbons (Fsp3) is 0.533. The average molecular weight is 314 g/mol. The maximum atomic E-state index is 13.0. The van der Waals surface area contributed by atoms with E-state index in [1.54, 1.807) is 12.1 Å². The minimum absolute atomic E-state index is 0.336. The number of rotatable bonds is 8. The minimum Gasteiger partial charge on any atom is -0.465 e. The summed E-state index contributed by atoms with van der Waals surface area (Å²) in [4.78, 5) is 11.7. The van der Waals surface area contributed by atoms with Crippen LogP contribution in [0.1, 0.15) is 42.6 Å². The second-order valence-electron chi connectivity index (χ2n) is 4.71. The summed E-state index contributed by atoms with van der Waals surface area (Å²) in [6.45, 7) is 6.35. The van der Waals surface area contributed by atoms with Gasteiger partial charge in [0.05, 0.1) is 31.2 Å². The van der Waals surface area contributed by atoms with Crippen LogP contribution in [0, 0.1) is 6.92 Å². The van der Waals surface area contributed by atoms with Crippen molar-refractivity contribution in [3.05, 3.63) is 29.3 Å². The fourth-order valence-electron chi connectivity index (χ4n) is 1.77. The minimum atomic E-state index is -3.42. The zero-order valence-corrected chi connectivity index (χ0v) is 13.9. The van der Waals surface area contributed by atoms with Gasteiger partial charge in [0.2, 0.25) is 0 Å². The summed E-state index contributed by atoms with van der Waals surface area (Å²) >= 11 is 0. The first-order valence-corrected chi connectivity index (χ1v) is 8.60. The van der Waals surface area contributed by atoms with Gasteiger partial charge in [-0.25, -0.2) is 4.79 Å². The number of carbonyl (C=O) groups is 1. The zero-order chi connectivity index (χ0) is 15.9. The third-order valence-electron chi connectivity index (χ3n) is 2.73. The lowest BCUT2D eigenvalue weighted by Gasteiger charge is -2.19. The van der Waals surface area contributed by atoms with Crippen molar-refractivity contribution in [2.45, 2.75) is 33.6 Å². The van der Waals surface area contributed by atoms with Gasteiger partial charge in [-0.2, -0.15) is 0 Å². The summed E-state index contributed by atoms with van der Waals surface area (Å²) in [5.41, 5.74) is 1.14. The van der Waals surface area contributed by atoms with Crippen molar-refractivity contribution in [3.8, 4) is 0 Å². The second-order valence-corrected chi connectivity index (χ2v) is 6.74. The molecule has 0 bridgehead atoms. The molecule has 0 N–H and O–H groups in total. The lowest BCUT2D eigenvalue weighted by molar-refractivity contribution is 0.0600. The van der Waals surface area contributed by atoms with Crippen LogP contribution in [-0.2, 0) is 18.3 Å². The lowest BCUT2D eigenvalue weighted by atomic mass is 10.1. The van der Waals surface area contributed by atoms with Gasteiger partial charge in [0.1, 0.15) is 0 Å². The van der Waals surface area contributed by atoms with E-state index in [1.807, 2.05) is 20.8 Å². The molecule has 1 aromatic carbocycles. The molecule has 118 valence electrons. The summed E-state index contributed by atoms with van der Waals surface area (Å²) < 4.78 is 28.6. The van der Waals surface area contributed by atoms with E-state index in [-0.39, 0.29) is 0 Å². The van der Waals surface area contributed by atoms with Crippen molar-refractivity contribution in [3.63, 3.8) is 0 Å². The van der Waals surface area contributed by atoms with E-state index < -0.39 is 13.6 Å². The predicted octanol–water partition coefficient (Wildman–Crippen LogP) is 3.45. The van der Waals surface area contributed by atoms with Crippen LogP contribution < -0.4 is 5.30 Å². The normalized spacial score (nSPS) is 11.4. The fourth-order valence-corrected chi connectivity index (χ4v) is 3.64. The van der Waals surface area contributed by atoms with Crippen molar-refractivity contribution in [2.75, 3.05) is 20.3 Å². The Hall–Kier alpha value is -1.16. The summed E-state index contributed by atoms with van der Waals surface area (Å²) in [7, 11) is -2.11. The van der Waals surface area contributed by atoms with Gasteiger partial charge in [0.15, 0.2) is 0 Å². The van der Waals surface area contributed by atoms with E-state index in [1.165, 1.54) is 13.2 Å². The van der Waals surface area contributed by atoms with Gasteiger partial charge in [-0.1, -0.05) is 13.8 Å². The molecule has 0 spiro atoms. The van der Waals surface area contributed by atoms with Crippen LogP contribution in [0.3, 0.4) is 0 Å². The van der Waals surface area contributed by atoms with Crippen LogP contribution in [0.5, 0.6) is 0 Å². The first-order chi connectivity index (χ1) is 9.96. The Labute approximate surface area is 126 Å². The topological polar surface area (TPSA) is 61.8 Å². The predicted molar refractivity (Wildman–Crippen MR) is 82.2 cm³/mol. The van der Waals surface area contributed by atoms with Crippen molar-refractivity contribution < 1.29 is 23.1 Å². The largest absolute Gasteiger partial charge is 0.465 e. The molecule has 6 heteroatoms. The van der Waals surface area contributed by atoms with Gasteiger partial charge >= 0.3 is 13.6 Å². The van der Waals surface area contributed by atoms with Crippen molar-refractivity contribution in [1.82, 2.24) is 0 Å². The Morgan fingerprint density at radius 2 is 1.67 bits per heavy atom. The summed E-state index contributed by atoms with van der Waals surface area (Å²) in [6, 6.07) is 4.92. The van der Waals surface area contributed by atoms with Crippen molar-refractivity contribution in [2.24, 2.45) is 0 Å². The lowest BCUT2D eigenvalue weighted by Crippen LogP contribution is -2.15. The number of methoxy groups -OCH3 is 1. The van der Waals surface area contributed by atoms with Crippen LogP contribution in [0.2, 0.25) is 0 Å². The molecule has 0 fully saturated rings. The summed E-state index contributed by atoms with van der Waals surface area (Å²) in [5, 5.41) is 0.393. The Bertz CT molecular complexity index is 515. The van der Waals surface area contributed by atoms with Gasteiger partial charge in [-0.3, -0.25) is 4.57 Å². The molecule has 21 heavy (non-hydrogen) atoms. The molecule has 0 atom stereocenters. The van der Waals surface area contributed by atoms with E-state index in [0.717, 1.165) is 18.4 Å². The number of hydrogen-bond donors (Lipinski definition) is 0. The molecule has 0 aliphatic heterocycles. The molecule has 0 saturated heterocycles.